The van der Waals surface area contributed by atoms with Crippen molar-refractivity contribution < 1.29 is 14.0 Å². The van der Waals surface area contributed by atoms with Gasteiger partial charge in [-0.2, -0.15) is 0 Å². The number of carbonyl (C=O) groups excluding carboxylic acids is 2. The third-order valence-corrected chi connectivity index (χ3v) is 6.85. The minimum atomic E-state index is -0.549. The summed E-state index contributed by atoms with van der Waals surface area (Å²) < 4.78 is 5.47. The highest BCUT2D eigenvalue weighted by molar-refractivity contribution is 8.15. The number of nitrogens with zero attached hydrogens (tertiary/aromatic N) is 2. The van der Waals surface area contributed by atoms with E-state index in [0.717, 1.165) is 33.6 Å². The van der Waals surface area contributed by atoms with Gasteiger partial charge in [-0.1, -0.05) is 48.2 Å². The number of hydrogen-bond donors (Lipinski definition) is 1. The molecular weight excluding hydrogens is 434 g/mol. The maximum absolute atomic E-state index is 13.3. The van der Waals surface area contributed by atoms with Gasteiger partial charge in [-0.25, -0.2) is 4.99 Å². The summed E-state index contributed by atoms with van der Waals surface area (Å²) in [6, 6.07) is 15.5. The van der Waals surface area contributed by atoms with Crippen molar-refractivity contribution in [3.8, 4) is 0 Å². The Balaban J connectivity index is 1.59. The van der Waals surface area contributed by atoms with Gasteiger partial charge in [-0.05, 0) is 62.1 Å². The summed E-state index contributed by atoms with van der Waals surface area (Å²) in [5.41, 5.74) is 5.69. The number of thioether (sulfide) groups is 1. The largest absolute Gasteiger partial charge is 0.467 e. The number of para-hydroxylation sites is 2. The molecule has 0 radical (unpaired) electrons. The van der Waals surface area contributed by atoms with E-state index in [-0.39, 0.29) is 24.8 Å². The topological polar surface area (TPSA) is 74.9 Å². The third-order valence-electron chi connectivity index (χ3n) is 5.68. The van der Waals surface area contributed by atoms with Gasteiger partial charge in [-0.3, -0.25) is 14.5 Å². The van der Waals surface area contributed by atoms with Gasteiger partial charge in [0.05, 0.1) is 18.5 Å². The second-order valence-electron chi connectivity index (χ2n) is 8.26. The van der Waals surface area contributed by atoms with Crippen molar-refractivity contribution in [2.75, 3.05) is 5.32 Å². The Morgan fingerprint density at radius 2 is 1.64 bits per heavy atom. The van der Waals surface area contributed by atoms with Crippen LogP contribution in [0.4, 0.5) is 11.4 Å². The monoisotopic (exact) mass is 461 g/mol. The quantitative estimate of drug-likeness (QED) is 0.513. The van der Waals surface area contributed by atoms with Crippen LogP contribution >= 0.6 is 11.8 Å². The Hall–Kier alpha value is -3.32. The van der Waals surface area contributed by atoms with Gasteiger partial charge < -0.3 is 9.73 Å². The summed E-state index contributed by atoms with van der Waals surface area (Å²) in [4.78, 5) is 32.7. The number of anilines is 1. The van der Waals surface area contributed by atoms with Crippen LogP contribution in [-0.4, -0.2) is 27.1 Å². The lowest BCUT2D eigenvalue weighted by Gasteiger charge is -2.16. The van der Waals surface area contributed by atoms with Crippen molar-refractivity contribution in [1.82, 2.24) is 4.90 Å². The van der Waals surface area contributed by atoms with Crippen LogP contribution in [0, 0.1) is 27.7 Å². The Morgan fingerprint density at radius 1 is 1.00 bits per heavy atom. The number of furan rings is 1. The van der Waals surface area contributed by atoms with Gasteiger partial charge >= 0.3 is 0 Å². The fourth-order valence-electron chi connectivity index (χ4n) is 3.88. The van der Waals surface area contributed by atoms with Crippen LogP contribution in [-0.2, 0) is 16.1 Å². The Morgan fingerprint density at radius 3 is 2.24 bits per heavy atom. The molecule has 1 N–H and O–H groups in total. The van der Waals surface area contributed by atoms with E-state index >= 15 is 0 Å². The number of aliphatic imine (C=N–C) groups is 1. The zero-order chi connectivity index (χ0) is 23.5. The van der Waals surface area contributed by atoms with E-state index in [1.807, 2.05) is 70.2 Å². The van der Waals surface area contributed by atoms with Crippen molar-refractivity contribution in [2.45, 2.75) is 45.9 Å². The molecule has 1 aliphatic heterocycles. The lowest BCUT2D eigenvalue weighted by molar-refractivity contribution is -0.128. The highest BCUT2D eigenvalue weighted by Crippen LogP contribution is 2.35. The molecule has 1 fully saturated rings. The van der Waals surface area contributed by atoms with Crippen LogP contribution in [0.25, 0.3) is 0 Å². The molecule has 1 aliphatic rings. The second kappa shape index (κ2) is 9.67. The van der Waals surface area contributed by atoms with Crippen LogP contribution in [0.5, 0.6) is 0 Å². The Bertz CT molecular complexity index is 1180. The lowest BCUT2D eigenvalue weighted by atomic mass is 10.1. The van der Waals surface area contributed by atoms with Gasteiger partial charge in [-0.15, -0.1) is 0 Å². The summed E-state index contributed by atoms with van der Waals surface area (Å²) in [6.45, 7) is 8.19. The van der Waals surface area contributed by atoms with E-state index in [2.05, 4.69) is 5.32 Å². The highest BCUT2D eigenvalue weighted by Gasteiger charge is 2.39. The number of nitrogens with one attached hydrogen (secondary N) is 1. The predicted molar refractivity (Wildman–Crippen MR) is 133 cm³/mol. The molecule has 170 valence electrons. The van der Waals surface area contributed by atoms with E-state index in [1.165, 1.54) is 11.8 Å². The van der Waals surface area contributed by atoms with Crippen molar-refractivity contribution in [1.29, 1.82) is 0 Å². The van der Waals surface area contributed by atoms with Gasteiger partial charge in [0.1, 0.15) is 11.0 Å². The molecule has 0 bridgehead atoms. The van der Waals surface area contributed by atoms with E-state index in [9.17, 15) is 9.59 Å². The molecular formula is C26H27N3O3S. The minimum Gasteiger partial charge on any atom is -0.467 e. The smallest absolute Gasteiger partial charge is 0.243 e. The molecule has 1 atom stereocenters. The first kappa shape index (κ1) is 22.9. The molecule has 7 heteroatoms. The lowest BCUT2D eigenvalue weighted by Crippen LogP contribution is -2.33. The summed E-state index contributed by atoms with van der Waals surface area (Å²) in [5.74, 6) is 0.335. The first-order valence-corrected chi connectivity index (χ1v) is 11.7. The Kier molecular flexibility index (Phi) is 6.70. The number of aryl methyl sites for hydroxylation is 4. The van der Waals surface area contributed by atoms with Gasteiger partial charge in [0, 0.05) is 12.1 Å². The predicted octanol–water partition coefficient (Wildman–Crippen LogP) is 5.67. The van der Waals surface area contributed by atoms with Crippen molar-refractivity contribution in [3.05, 3.63) is 82.8 Å². The molecule has 1 saturated heterocycles. The van der Waals surface area contributed by atoms with Crippen LogP contribution < -0.4 is 5.32 Å². The molecule has 1 aromatic heterocycles. The third kappa shape index (κ3) is 5.03. The molecule has 33 heavy (non-hydrogen) atoms. The summed E-state index contributed by atoms with van der Waals surface area (Å²) in [5, 5.41) is 3.02. The van der Waals surface area contributed by atoms with E-state index in [0.29, 0.717) is 10.9 Å². The zero-order valence-electron chi connectivity index (χ0n) is 19.2. The molecule has 1 unspecified atom stereocenters. The molecule has 0 spiro atoms. The van der Waals surface area contributed by atoms with Crippen molar-refractivity contribution in [2.24, 2.45) is 4.99 Å². The summed E-state index contributed by atoms with van der Waals surface area (Å²) in [6.07, 6.45) is 1.65. The number of carbonyl (C=O) groups is 2. The fourth-order valence-corrected chi connectivity index (χ4v) is 5.02. The minimum absolute atomic E-state index is 0.0672. The summed E-state index contributed by atoms with van der Waals surface area (Å²) >= 11 is 1.33. The number of amidine groups is 1. The van der Waals surface area contributed by atoms with Gasteiger partial charge in [0.15, 0.2) is 5.17 Å². The standard InChI is InChI=1S/C26H27N3O3S/c1-16-8-5-9-17(2)23(16)27-22(30)14-21-25(31)29(15-20-12-7-13-32-20)26(33-21)28-24-18(3)10-6-11-19(24)4/h5-13,21H,14-15H2,1-4H3,(H,27,30). The molecule has 2 amide bonds. The average molecular weight is 462 g/mol. The molecule has 2 heterocycles. The maximum Gasteiger partial charge on any atom is 0.243 e. The van der Waals surface area contributed by atoms with E-state index in [1.54, 1.807) is 17.2 Å². The van der Waals surface area contributed by atoms with Crippen LogP contribution in [0.2, 0.25) is 0 Å². The number of benzene rings is 2. The number of rotatable bonds is 6. The van der Waals surface area contributed by atoms with Gasteiger partial charge in [0.25, 0.3) is 0 Å². The van der Waals surface area contributed by atoms with Crippen molar-refractivity contribution in [3.63, 3.8) is 0 Å². The van der Waals surface area contributed by atoms with Crippen LogP contribution in [0.15, 0.2) is 64.2 Å². The molecule has 0 saturated carbocycles. The van der Waals surface area contributed by atoms with E-state index < -0.39 is 5.25 Å². The van der Waals surface area contributed by atoms with Crippen molar-refractivity contribution >= 4 is 40.1 Å². The molecule has 0 aliphatic carbocycles. The Labute approximate surface area is 198 Å². The summed E-state index contributed by atoms with van der Waals surface area (Å²) in [7, 11) is 0. The average Bonchev–Trinajstić information content (AvgIpc) is 3.38. The maximum atomic E-state index is 13.3. The highest BCUT2D eigenvalue weighted by atomic mass is 32.2. The van der Waals surface area contributed by atoms with Crippen LogP contribution in [0.1, 0.15) is 34.4 Å². The number of amides is 2. The zero-order valence-corrected chi connectivity index (χ0v) is 20.0. The molecule has 2 aromatic carbocycles. The first-order chi connectivity index (χ1) is 15.8. The SMILES string of the molecule is Cc1cccc(C)c1N=C1SC(CC(=O)Nc2c(C)cccc2C)C(=O)N1Cc1ccco1. The number of hydrogen-bond acceptors (Lipinski definition) is 5. The van der Waals surface area contributed by atoms with E-state index in [4.69, 9.17) is 9.41 Å². The molecule has 6 nitrogen and oxygen atoms in total. The molecule has 4 rings (SSSR count). The normalized spacial score (nSPS) is 17.1. The fraction of sp³-hybridized carbons (Fsp3) is 0.269. The molecule has 3 aromatic rings. The van der Waals surface area contributed by atoms with Crippen LogP contribution in [0.3, 0.4) is 0 Å². The second-order valence-corrected chi connectivity index (χ2v) is 9.43. The van der Waals surface area contributed by atoms with Gasteiger partial charge in [0.2, 0.25) is 11.8 Å². The first-order valence-electron chi connectivity index (χ1n) is 10.8.